The van der Waals surface area contributed by atoms with E-state index in [2.05, 4.69) is 10.3 Å². The molecule has 1 saturated heterocycles. The maximum absolute atomic E-state index is 11.9. The van der Waals surface area contributed by atoms with Gasteiger partial charge in [-0.2, -0.15) is 0 Å². The lowest BCUT2D eigenvalue weighted by atomic mass is 10.1. The van der Waals surface area contributed by atoms with Gasteiger partial charge in [-0.05, 0) is 19.8 Å². The Kier molecular flexibility index (Phi) is 3.70. The van der Waals surface area contributed by atoms with Crippen molar-refractivity contribution < 1.29 is 8.42 Å². The third-order valence-corrected chi connectivity index (χ3v) is 4.87. The molecule has 1 N–H and O–H groups in total. The molecule has 1 aromatic heterocycles. The molecule has 0 aromatic carbocycles. The molecule has 0 saturated carbocycles. The third kappa shape index (κ3) is 2.90. The summed E-state index contributed by atoms with van der Waals surface area (Å²) in [6, 6.07) is 0.0152. The summed E-state index contributed by atoms with van der Waals surface area (Å²) in [4.78, 5) is 15.9. The number of sulfone groups is 1. The summed E-state index contributed by atoms with van der Waals surface area (Å²) in [7, 11) is -2.87. The number of hydrogen-bond donors (Lipinski definition) is 1. The molecule has 1 aliphatic rings. The molecule has 0 spiro atoms. The first-order valence-electron chi connectivity index (χ1n) is 6.04. The number of hydrogen-bond acceptors (Lipinski definition) is 5. The maximum Gasteiger partial charge on any atom is 0.293 e. The molecule has 1 fully saturated rings. The van der Waals surface area contributed by atoms with Crippen molar-refractivity contribution in [1.29, 1.82) is 0 Å². The van der Waals surface area contributed by atoms with Gasteiger partial charge in [-0.15, -0.1) is 0 Å². The second-order valence-electron chi connectivity index (χ2n) is 4.44. The molecular formula is C11H17N3O3S. The predicted molar refractivity (Wildman–Crippen MR) is 69.5 cm³/mol. The third-order valence-electron chi connectivity index (χ3n) is 3.15. The van der Waals surface area contributed by atoms with Crippen molar-refractivity contribution in [2.45, 2.75) is 32.4 Å². The van der Waals surface area contributed by atoms with Crippen LogP contribution in [-0.4, -0.2) is 35.5 Å². The predicted octanol–water partition coefficient (Wildman–Crippen LogP) is 0.252. The minimum atomic E-state index is -2.87. The summed E-state index contributed by atoms with van der Waals surface area (Å²) >= 11 is 0. The zero-order chi connectivity index (χ0) is 13.2. The van der Waals surface area contributed by atoms with E-state index >= 15 is 0 Å². The van der Waals surface area contributed by atoms with Gasteiger partial charge in [0, 0.05) is 25.0 Å². The number of nitrogens with zero attached hydrogens (tertiary/aromatic N) is 2. The van der Waals surface area contributed by atoms with Crippen LogP contribution in [0.3, 0.4) is 0 Å². The van der Waals surface area contributed by atoms with E-state index in [0.717, 1.165) is 0 Å². The van der Waals surface area contributed by atoms with E-state index in [1.165, 1.54) is 0 Å². The monoisotopic (exact) mass is 271 g/mol. The van der Waals surface area contributed by atoms with Crippen LogP contribution in [0.2, 0.25) is 0 Å². The van der Waals surface area contributed by atoms with Crippen LogP contribution in [0.15, 0.2) is 17.2 Å². The first-order valence-corrected chi connectivity index (χ1v) is 7.86. The first-order chi connectivity index (χ1) is 8.52. The molecule has 0 atom stereocenters. The van der Waals surface area contributed by atoms with Gasteiger partial charge in [-0.1, -0.05) is 0 Å². The summed E-state index contributed by atoms with van der Waals surface area (Å²) < 4.78 is 24.2. The van der Waals surface area contributed by atoms with Gasteiger partial charge in [-0.25, -0.2) is 13.4 Å². The van der Waals surface area contributed by atoms with Crippen molar-refractivity contribution in [3.05, 3.63) is 22.7 Å². The number of nitrogens with one attached hydrogen (secondary N) is 1. The lowest BCUT2D eigenvalue weighted by Gasteiger charge is -2.23. The summed E-state index contributed by atoms with van der Waals surface area (Å²) in [6.07, 6.45) is 4.28. The topological polar surface area (TPSA) is 81.1 Å². The van der Waals surface area contributed by atoms with Crippen molar-refractivity contribution in [2.75, 3.05) is 16.8 Å². The van der Waals surface area contributed by atoms with Gasteiger partial charge in [-0.3, -0.25) is 4.79 Å². The minimum absolute atomic E-state index is 0.0152. The smallest absolute Gasteiger partial charge is 0.293 e. The Labute approximate surface area is 106 Å². The Balaban J connectivity index is 2.09. The Morgan fingerprint density at radius 3 is 2.72 bits per heavy atom. The fourth-order valence-corrected chi connectivity index (χ4v) is 3.51. The SMILES string of the molecule is CCn1ccnc(NC2CCS(=O)(=O)CC2)c1=O. The maximum atomic E-state index is 11.9. The average Bonchev–Trinajstić information content (AvgIpc) is 2.34. The summed E-state index contributed by atoms with van der Waals surface area (Å²) in [5.41, 5.74) is -0.159. The molecule has 0 radical (unpaired) electrons. The van der Waals surface area contributed by atoms with Crippen molar-refractivity contribution in [3.63, 3.8) is 0 Å². The van der Waals surface area contributed by atoms with Crippen LogP contribution >= 0.6 is 0 Å². The summed E-state index contributed by atoms with van der Waals surface area (Å²) in [6.45, 7) is 2.48. The average molecular weight is 271 g/mol. The van der Waals surface area contributed by atoms with E-state index in [1.54, 1.807) is 17.0 Å². The van der Waals surface area contributed by atoms with Gasteiger partial charge in [0.1, 0.15) is 9.84 Å². The van der Waals surface area contributed by atoms with E-state index in [9.17, 15) is 13.2 Å². The second kappa shape index (κ2) is 5.09. The molecule has 0 amide bonds. The molecule has 0 aliphatic carbocycles. The van der Waals surface area contributed by atoms with Crippen molar-refractivity contribution in [2.24, 2.45) is 0 Å². The summed E-state index contributed by atoms with van der Waals surface area (Å²) in [5.74, 6) is 0.669. The van der Waals surface area contributed by atoms with Crippen molar-refractivity contribution in [1.82, 2.24) is 9.55 Å². The number of aryl methyl sites for hydroxylation is 1. The Morgan fingerprint density at radius 2 is 2.11 bits per heavy atom. The summed E-state index contributed by atoms with van der Waals surface area (Å²) in [5, 5.41) is 3.05. The van der Waals surface area contributed by atoms with Gasteiger partial charge in [0.2, 0.25) is 0 Å². The van der Waals surface area contributed by atoms with Crippen LogP contribution in [0.5, 0.6) is 0 Å². The highest BCUT2D eigenvalue weighted by Gasteiger charge is 2.24. The fourth-order valence-electron chi connectivity index (χ4n) is 2.02. The van der Waals surface area contributed by atoms with Crippen molar-refractivity contribution >= 4 is 15.7 Å². The van der Waals surface area contributed by atoms with E-state index in [4.69, 9.17) is 0 Å². The van der Waals surface area contributed by atoms with Gasteiger partial charge < -0.3 is 9.88 Å². The van der Waals surface area contributed by atoms with Gasteiger partial charge in [0.25, 0.3) is 5.56 Å². The molecule has 0 unspecified atom stereocenters. The highest BCUT2D eigenvalue weighted by atomic mass is 32.2. The van der Waals surface area contributed by atoms with Crippen molar-refractivity contribution in [3.8, 4) is 0 Å². The quantitative estimate of drug-likeness (QED) is 0.852. The van der Waals surface area contributed by atoms with Crippen LogP contribution in [0.4, 0.5) is 5.82 Å². The molecule has 0 bridgehead atoms. The molecule has 1 aromatic rings. The minimum Gasteiger partial charge on any atom is -0.363 e. The molecule has 100 valence electrons. The Hall–Kier alpha value is -1.37. The molecule has 2 heterocycles. The molecular weight excluding hydrogens is 254 g/mol. The van der Waals surface area contributed by atoms with Gasteiger partial charge in [0.05, 0.1) is 11.5 Å². The van der Waals surface area contributed by atoms with Gasteiger partial charge in [0.15, 0.2) is 5.82 Å². The lowest BCUT2D eigenvalue weighted by molar-refractivity contribution is 0.558. The first kappa shape index (κ1) is 13.1. The molecule has 7 heteroatoms. The van der Waals surface area contributed by atoms with Crippen LogP contribution < -0.4 is 10.9 Å². The standard InChI is InChI=1S/C11H17N3O3S/c1-2-14-6-5-12-10(11(14)15)13-9-3-7-18(16,17)8-4-9/h5-6,9H,2-4,7-8H2,1H3,(H,12,13). The Morgan fingerprint density at radius 1 is 1.44 bits per heavy atom. The lowest BCUT2D eigenvalue weighted by Crippen LogP contribution is -2.35. The van der Waals surface area contributed by atoms with Crippen LogP contribution in [-0.2, 0) is 16.4 Å². The van der Waals surface area contributed by atoms with E-state index in [0.29, 0.717) is 25.2 Å². The largest absolute Gasteiger partial charge is 0.363 e. The molecule has 18 heavy (non-hydrogen) atoms. The van der Waals surface area contributed by atoms with E-state index < -0.39 is 9.84 Å². The molecule has 6 nitrogen and oxygen atoms in total. The number of rotatable bonds is 3. The molecule has 1 aliphatic heterocycles. The van der Waals surface area contributed by atoms with E-state index in [-0.39, 0.29) is 23.1 Å². The van der Waals surface area contributed by atoms with Crippen LogP contribution in [0.1, 0.15) is 19.8 Å². The highest BCUT2D eigenvalue weighted by Crippen LogP contribution is 2.14. The van der Waals surface area contributed by atoms with Crippen LogP contribution in [0, 0.1) is 0 Å². The zero-order valence-corrected chi connectivity index (χ0v) is 11.1. The Bertz CT molecular complexity index is 565. The zero-order valence-electron chi connectivity index (χ0n) is 10.3. The van der Waals surface area contributed by atoms with Gasteiger partial charge >= 0.3 is 0 Å². The van der Waals surface area contributed by atoms with Crippen LogP contribution in [0.25, 0.3) is 0 Å². The second-order valence-corrected chi connectivity index (χ2v) is 6.74. The number of aromatic nitrogens is 2. The number of anilines is 1. The normalized spacial score (nSPS) is 19.6. The molecule has 2 rings (SSSR count). The van der Waals surface area contributed by atoms with E-state index in [1.807, 2.05) is 6.92 Å². The highest BCUT2D eigenvalue weighted by molar-refractivity contribution is 7.91. The fraction of sp³-hybridized carbons (Fsp3) is 0.636.